The lowest BCUT2D eigenvalue weighted by Gasteiger charge is -2.03. The van der Waals surface area contributed by atoms with Gasteiger partial charge in [-0.15, -0.1) is 11.8 Å². The predicted molar refractivity (Wildman–Crippen MR) is 44.1 cm³/mol. The number of aliphatic hydroxyl groups excluding tert-OH is 1. The van der Waals surface area contributed by atoms with Crippen LogP contribution in [0.15, 0.2) is 0 Å². The van der Waals surface area contributed by atoms with Crippen LogP contribution in [-0.2, 0) is 4.79 Å². The van der Waals surface area contributed by atoms with Crippen molar-refractivity contribution in [1.29, 1.82) is 0 Å². The Hall–Kier alpha value is -0.0200. The van der Waals surface area contributed by atoms with Gasteiger partial charge in [0, 0.05) is 0 Å². The Morgan fingerprint density at radius 2 is 2.30 bits per heavy atom. The molecule has 0 fully saturated rings. The quantitative estimate of drug-likeness (QED) is 0.491. The van der Waals surface area contributed by atoms with Crippen molar-refractivity contribution in [2.45, 2.75) is 32.1 Å². The molecule has 0 spiro atoms. The fraction of sp³-hybridized carbons (Fsp3) is 0.857. The Bertz CT molecular complexity index is 104. The highest BCUT2D eigenvalue weighted by Crippen LogP contribution is 2.10. The van der Waals surface area contributed by atoms with Crippen LogP contribution in [0.25, 0.3) is 0 Å². The Morgan fingerprint density at radius 3 is 2.70 bits per heavy atom. The van der Waals surface area contributed by atoms with E-state index in [9.17, 15) is 4.79 Å². The third-order valence-electron chi connectivity index (χ3n) is 1.12. The SMILES string of the molecule is CCCCSC(O)C(C)=O. The van der Waals surface area contributed by atoms with E-state index in [1.807, 2.05) is 0 Å². The highest BCUT2D eigenvalue weighted by Gasteiger charge is 2.07. The summed E-state index contributed by atoms with van der Waals surface area (Å²) in [7, 11) is 0. The second-order valence-corrected chi connectivity index (χ2v) is 3.38. The molecule has 0 saturated heterocycles. The monoisotopic (exact) mass is 162 g/mol. The van der Waals surface area contributed by atoms with Gasteiger partial charge in [0.15, 0.2) is 11.2 Å². The van der Waals surface area contributed by atoms with Crippen LogP contribution < -0.4 is 0 Å². The number of thioether (sulfide) groups is 1. The molecule has 2 nitrogen and oxygen atoms in total. The van der Waals surface area contributed by atoms with Gasteiger partial charge in [0.25, 0.3) is 0 Å². The number of carbonyl (C=O) groups excluding carboxylic acids is 1. The van der Waals surface area contributed by atoms with Gasteiger partial charge < -0.3 is 5.11 Å². The largest absolute Gasteiger partial charge is 0.375 e. The van der Waals surface area contributed by atoms with Gasteiger partial charge in [-0.25, -0.2) is 0 Å². The molecule has 0 rings (SSSR count). The van der Waals surface area contributed by atoms with E-state index < -0.39 is 5.44 Å². The van der Waals surface area contributed by atoms with Gasteiger partial charge in [0.2, 0.25) is 0 Å². The molecule has 0 aliphatic carbocycles. The summed E-state index contributed by atoms with van der Waals surface area (Å²) in [5.41, 5.74) is -0.799. The third kappa shape index (κ3) is 4.82. The molecule has 0 bridgehead atoms. The maximum Gasteiger partial charge on any atom is 0.168 e. The smallest absolute Gasteiger partial charge is 0.168 e. The summed E-state index contributed by atoms with van der Waals surface area (Å²) in [6.07, 6.45) is 2.17. The fourth-order valence-electron chi connectivity index (χ4n) is 0.457. The van der Waals surface area contributed by atoms with Gasteiger partial charge in [-0.2, -0.15) is 0 Å². The molecule has 0 amide bonds. The minimum absolute atomic E-state index is 0.152. The Morgan fingerprint density at radius 1 is 1.70 bits per heavy atom. The van der Waals surface area contributed by atoms with Crippen LogP contribution in [0.3, 0.4) is 0 Å². The van der Waals surface area contributed by atoms with E-state index in [0.29, 0.717) is 0 Å². The lowest BCUT2D eigenvalue weighted by atomic mass is 10.4. The number of Topliss-reactive ketones (excluding diaryl/α,β-unsaturated/α-hetero) is 1. The average molecular weight is 162 g/mol. The second kappa shape index (κ2) is 5.74. The van der Waals surface area contributed by atoms with Gasteiger partial charge in [-0.1, -0.05) is 13.3 Å². The van der Waals surface area contributed by atoms with E-state index in [0.717, 1.165) is 18.6 Å². The molecule has 60 valence electrons. The van der Waals surface area contributed by atoms with Crippen LogP contribution in [0.2, 0.25) is 0 Å². The van der Waals surface area contributed by atoms with Crippen LogP contribution in [0.1, 0.15) is 26.7 Å². The number of aliphatic hydroxyl groups is 1. The first-order chi connectivity index (χ1) is 4.68. The third-order valence-corrected chi connectivity index (χ3v) is 2.29. The van der Waals surface area contributed by atoms with Gasteiger partial charge in [-0.05, 0) is 19.1 Å². The number of ketones is 1. The number of rotatable bonds is 5. The summed E-state index contributed by atoms with van der Waals surface area (Å²) in [6.45, 7) is 3.49. The zero-order chi connectivity index (χ0) is 7.98. The van der Waals surface area contributed by atoms with E-state index in [1.165, 1.54) is 18.7 Å². The molecule has 10 heavy (non-hydrogen) atoms. The van der Waals surface area contributed by atoms with Crippen molar-refractivity contribution in [1.82, 2.24) is 0 Å². The molecule has 0 saturated carbocycles. The highest BCUT2D eigenvalue weighted by atomic mass is 32.2. The molecule has 1 atom stereocenters. The first-order valence-corrected chi connectivity index (χ1v) is 4.53. The molecule has 1 unspecified atom stereocenters. The van der Waals surface area contributed by atoms with Crippen LogP contribution in [0, 0.1) is 0 Å². The minimum atomic E-state index is -0.799. The van der Waals surface area contributed by atoms with Crippen molar-refractivity contribution < 1.29 is 9.90 Å². The summed E-state index contributed by atoms with van der Waals surface area (Å²) in [5.74, 6) is 0.721. The maximum atomic E-state index is 10.5. The average Bonchev–Trinajstić information content (AvgIpc) is 1.88. The van der Waals surface area contributed by atoms with Crippen molar-refractivity contribution >= 4 is 17.5 Å². The Kier molecular flexibility index (Phi) is 5.73. The Labute approximate surface area is 66.0 Å². The second-order valence-electron chi connectivity index (χ2n) is 2.19. The first-order valence-electron chi connectivity index (χ1n) is 3.48. The van der Waals surface area contributed by atoms with Crippen LogP contribution in [0.5, 0.6) is 0 Å². The van der Waals surface area contributed by atoms with E-state index in [2.05, 4.69) is 6.92 Å². The summed E-state index contributed by atoms with van der Waals surface area (Å²) >= 11 is 1.32. The standard InChI is InChI=1S/C7H14O2S/c1-3-4-5-10-7(9)6(2)8/h7,9H,3-5H2,1-2H3. The van der Waals surface area contributed by atoms with Gasteiger partial charge >= 0.3 is 0 Å². The van der Waals surface area contributed by atoms with E-state index in [-0.39, 0.29) is 5.78 Å². The molecule has 0 radical (unpaired) electrons. The van der Waals surface area contributed by atoms with Gasteiger partial charge in [0.1, 0.15) is 0 Å². The van der Waals surface area contributed by atoms with Gasteiger partial charge in [-0.3, -0.25) is 4.79 Å². The Balaban J connectivity index is 3.21. The predicted octanol–water partition coefficient (Wildman–Crippen LogP) is 1.43. The van der Waals surface area contributed by atoms with Crippen LogP contribution in [0.4, 0.5) is 0 Å². The molecule has 0 aromatic carbocycles. The molecular weight excluding hydrogens is 148 g/mol. The zero-order valence-electron chi connectivity index (χ0n) is 6.46. The number of carbonyl (C=O) groups is 1. The summed E-state index contributed by atoms with van der Waals surface area (Å²) < 4.78 is 0. The highest BCUT2D eigenvalue weighted by molar-refractivity contribution is 8.00. The summed E-state index contributed by atoms with van der Waals surface area (Å²) in [5, 5.41) is 8.97. The number of hydrogen-bond acceptors (Lipinski definition) is 3. The van der Waals surface area contributed by atoms with E-state index >= 15 is 0 Å². The minimum Gasteiger partial charge on any atom is -0.375 e. The fourth-order valence-corrected chi connectivity index (χ4v) is 1.37. The van der Waals surface area contributed by atoms with Crippen molar-refractivity contribution in [3.63, 3.8) is 0 Å². The van der Waals surface area contributed by atoms with E-state index in [4.69, 9.17) is 5.11 Å². The lowest BCUT2D eigenvalue weighted by Crippen LogP contribution is -2.12. The summed E-state index contributed by atoms with van der Waals surface area (Å²) in [6, 6.07) is 0. The first kappa shape index (κ1) is 9.98. The molecular formula is C7H14O2S. The molecule has 3 heteroatoms. The molecule has 1 N–H and O–H groups in total. The number of hydrogen-bond donors (Lipinski definition) is 1. The van der Waals surface area contributed by atoms with Crippen molar-refractivity contribution in [3.8, 4) is 0 Å². The molecule has 0 aromatic heterocycles. The van der Waals surface area contributed by atoms with Crippen LogP contribution in [-0.4, -0.2) is 22.1 Å². The maximum absolute atomic E-state index is 10.5. The van der Waals surface area contributed by atoms with Crippen molar-refractivity contribution in [2.24, 2.45) is 0 Å². The summed E-state index contributed by atoms with van der Waals surface area (Å²) in [4.78, 5) is 10.5. The van der Waals surface area contributed by atoms with Crippen molar-refractivity contribution in [3.05, 3.63) is 0 Å². The zero-order valence-corrected chi connectivity index (χ0v) is 7.28. The molecule has 0 heterocycles. The molecule has 0 aliphatic rings. The van der Waals surface area contributed by atoms with Crippen LogP contribution >= 0.6 is 11.8 Å². The van der Waals surface area contributed by atoms with E-state index in [1.54, 1.807) is 0 Å². The number of unbranched alkanes of at least 4 members (excludes halogenated alkanes) is 1. The normalized spacial score (nSPS) is 13.1. The topological polar surface area (TPSA) is 37.3 Å². The molecule has 0 aliphatic heterocycles. The van der Waals surface area contributed by atoms with Gasteiger partial charge in [0.05, 0.1) is 0 Å². The lowest BCUT2D eigenvalue weighted by molar-refractivity contribution is -0.121. The molecule has 0 aromatic rings. The van der Waals surface area contributed by atoms with Crippen molar-refractivity contribution in [2.75, 3.05) is 5.75 Å².